The molecule has 0 aliphatic carbocycles. The fourth-order valence-electron chi connectivity index (χ4n) is 5.75. The van der Waals surface area contributed by atoms with Crippen molar-refractivity contribution in [2.75, 3.05) is 20.7 Å². The van der Waals surface area contributed by atoms with Crippen LogP contribution in [0, 0.1) is 6.92 Å². The molecular weight excluding hydrogens is 565 g/mol. The number of benzene rings is 3. The van der Waals surface area contributed by atoms with Crippen LogP contribution in [0.2, 0.25) is 6.82 Å². The second kappa shape index (κ2) is 12.5. The molecule has 0 saturated heterocycles. The Bertz CT molecular complexity index is 2000. The summed E-state index contributed by atoms with van der Waals surface area (Å²) in [5, 5.41) is 18.9. The van der Waals surface area contributed by atoms with Crippen LogP contribution in [0.25, 0.3) is 44.6 Å². The molecular formula is C34H36BN7O3. The normalized spacial score (nSPS) is 11.4. The third-order valence-corrected chi connectivity index (χ3v) is 8.39. The second-order valence-corrected chi connectivity index (χ2v) is 11.1. The highest BCUT2D eigenvalue weighted by atomic mass is 16.5. The number of imidazole rings is 1. The van der Waals surface area contributed by atoms with Crippen molar-refractivity contribution in [3.8, 4) is 28.4 Å². The van der Waals surface area contributed by atoms with E-state index >= 15 is 0 Å². The van der Waals surface area contributed by atoms with Crippen LogP contribution < -0.4 is 10.1 Å². The van der Waals surface area contributed by atoms with E-state index in [1.165, 1.54) is 0 Å². The molecule has 1 amide bonds. The van der Waals surface area contributed by atoms with Crippen LogP contribution >= 0.6 is 0 Å². The number of para-hydroxylation sites is 1. The first-order valence-electron chi connectivity index (χ1n) is 15.0. The summed E-state index contributed by atoms with van der Waals surface area (Å²) in [7, 11) is 2.71. The quantitative estimate of drug-likeness (QED) is 0.182. The molecule has 3 N–H and O–H groups in total. The molecule has 10 nitrogen and oxygen atoms in total. The zero-order valence-corrected chi connectivity index (χ0v) is 26.1. The first-order chi connectivity index (χ1) is 21.8. The second-order valence-electron chi connectivity index (χ2n) is 11.1. The first-order valence-corrected chi connectivity index (χ1v) is 15.0. The van der Waals surface area contributed by atoms with Gasteiger partial charge in [0.15, 0.2) is 5.82 Å². The summed E-state index contributed by atoms with van der Waals surface area (Å²) in [6, 6.07) is 19.8. The molecule has 3 heterocycles. The van der Waals surface area contributed by atoms with Crippen LogP contribution in [0.15, 0.2) is 73.1 Å². The van der Waals surface area contributed by atoms with Gasteiger partial charge in [0.05, 0.1) is 30.3 Å². The Morgan fingerprint density at radius 1 is 1.13 bits per heavy atom. The van der Waals surface area contributed by atoms with E-state index in [9.17, 15) is 9.82 Å². The number of carbonyl (C=O) groups excluding carboxylic acids is 1. The van der Waals surface area contributed by atoms with Crippen LogP contribution in [0.4, 0.5) is 0 Å². The lowest BCUT2D eigenvalue weighted by molar-refractivity contribution is 0.0964. The third kappa shape index (κ3) is 5.79. The number of nitrogens with zero attached hydrogens (tertiary/aromatic N) is 5. The molecule has 0 bridgehead atoms. The monoisotopic (exact) mass is 601 g/mol. The summed E-state index contributed by atoms with van der Waals surface area (Å²) in [4.78, 5) is 27.5. The fourth-order valence-corrected chi connectivity index (χ4v) is 5.75. The zero-order valence-electron chi connectivity index (χ0n) is 26.1. The number of methoxy groups -OCH3 is 1. The maximum absolute atomic E-state index is 12.6. The minimum absolute atomic E-state index is 0.198. The predicted molar refractivity (Wildman–Crippen MR) is 178 cm³/mol. The molecule has 0 aliphatic heterocycles. The summed E-state index contributed by atoms with van der Waals surface area (Å²) in [6.07, 6.45) is 3.76. The van der Waals surface area contributed by atoms with Crippen LogP contribution in [0.5, 0.6) is 5.75 Å². The highest BCUT2D eigenvalue weighted by Gasteiger charge is 2.21. The molecule has 0 aliphatic rings. The summed E-state index contributed by atoms with van der Waals surface area (Å²) < 4.78 is 7.32. The van der Waals surface area contributed by atoms with E-state index in [4.69, 9.17) is 14.8 Å². The number of rotatable bonds is 10. The number of ether oxygens (including phenoxy) is 1. The molecule has 0 radical (unpaired) electrons. The van der Waals surface area contributed by atoms with Crippen molar-refractivity contribution in [2.24, 2.45) is 0 Å². The van der Waals surface area contributed by atoms with Gasteiger partial charge in [-0.05, 0) is 78.9 Å². The van der Waals surface area contributed by atoms with Crippen molar-refractivity contribution in [1.29, 1.82) is 0 Å². The van der Waals surface area contributed by atoms with Gasteiger partial charge in [0, 0.05) is 36.9 Å². The van der Waals surface area contributed by atoms with Gasteiger partial charge in [-0.3, -0.25) is 14.5 Å². The number of nitrogens with one attached hydrogen (secondary N) is 2. The van der Waals surface area contributed by atoms with Gasteiger partial charge in [-0.2, -0.15) is 5.10 Å². The highest BCUT2D eigenvalue weighted by Crippen LogP contribution is 2.34. The number of amides is 1. The van der Waals surface area contributed by atoms with Crippen molar-refractivity contribution >= 4 is 34.9 Å². The largest absolute Gasteiger partial charge is 0.497 e. The maximum Gasteiger partial charge on any atom is 0.376 e. The Kier molecular flexibility index (Phi) is 8.38. The Morgan fingerprint density at radius 3 is 2.64 bits per heavy atom. The number of fused-ring (bicyclic) bond motifs is 2. The number of aromatic nitrogens is 5. The lowest BCUT2D eigenvalue weighted by Gasteiger charge is -2.22. The molecule has 45 heavy (non-hydrogen) atoms. The minimum Gasteiger partial charge on any atom is -0.497 e. The molecule has 0 atom stereocenters. The lowest BCUT2D eigenvalue weighted by atomic mass is 9.84. The zero-order chi connectivity index (χ0) is 31.7. The van der Waals surface area contributed by atoms with Crippen LogP contribution in [0.3, 0.4) is 0 Å². The van der Waals surface area contributed by atoms with E-state index in [0.717, 1.165) is 56.5 Å². The summed E-state index contributed by atoms with van der Waals surface area (Å²) in [5.74, 6) is 1.18. The molecule has 6 aromatic rings. The number of H-pyrrole nitrogens is 1. The third-order valence-electron chi connectivity index (χ3n) is 8.39. The van der Waals surface area contributed by atoms with Gasteiger partial charge in [-0.15, -0.1) is 0 Å². The van der Waals surface area contributed by atoms with E-state index in [0.29, 0.717) is 35.7 Å². The van der Waals surface area contributed by atoms with Crippen LogP contribution in [-0.4, -0.2) is 68.2 Å². The molecule has 3 aromatic heterocycles. The number of hydrogen-bond acceptors (Lipinski definition) is 7. The van der Waals surface area contributed by atoms with Crippen molar-refractivity contribution in [2.45, 2.75) is 33.8 Å². The molecule has 6 rings (SSSR count). The fraction of sp³-hybridized carbons (Fsp3) is 0.235. The van der Waals surface area contributed by atoms with Gasteiger partial charge < -0.3 is 24.9 Å². The van der Waals surface area contributed by atoms with E-state index in [1.54, 1.807) is 27.0 Å². The van der Waals surface area contributed by atoms with E-state index in [2.05, 4.69) is 40.4 Å². The predicted octanol–water partition coefficient (Wildman–Crippen LogP) is 5.30. The van der Waals surface area contributed by atoms with Crippen molar-refractivity contribution in [3.05, 3.63) is 95.3 Å². The average molecular weight is 602 g/mol. The minimum atomic E-state index is -0.554. The van der Waals surface area contributed by atoms with Crippen molar-refractivity contribution in [1.82, 2.24) is 34.9 Å². The van der Waals surface area contributed by atoms with Gasteiger partial charge in [-0.25, -0.2) is 4.98 Å². The van der Waals surface area contributed by atoms with Crippen molar-refractivity contribution < 1.29 is 14.6 Å². The molecule has 0 spiro atoms. The smallest absolute Gasteiger partial charge is 0.376 e. The van der Waals surface area contributed by atoms with E-state index < -0.39 is 7.05 Å². The number of hydrogen-bond donors (Lipinski definition) is 3. The van der Waals surface area contributed by atoms with Crippen LogP contribution in [-0.2, 0) is 13.1 Å². The molecule has 11 heteroatoms. The molecule has 228 valence electrons. The van der Waals surface area contributed by atoms with E-state index in [-0.39, 0.29) is 5.91 Å². The van der Waals surface area contributed by atoms with Gasteiger partial charge in [0.2, 0.25) is 0 Å². The van der Waals surface area contributed by atoms with Crippen LogP contribution in [0.1, 0.15) is 34.0 Å². The Labute approximate surface area is 262 Å². The lowest BCUT2D eigenvalue weighted by Crippen LogP contribution is -2.36. The summed E-state index contributed by atoms with van der Waals surface area (Å²) in [5.41, 5.74) is 8.74. The van der Waals surface area contributed by atoms with Gasteiger partial charge in [-0.1, -0.05) is 31.2 Å². The number of pyridine rings is 1. The standard InChI is InChI=1S/C34H36BN7O3/c1-6-41(35(3)44)20-24-17-37-18-28(21(24)2)23-12-15-30-27(16-23)32(40-42(30)19-22-10-13-25(45-5)14-11-22)33-38-29-9-7-8-26(31(29)39-33)34(43)36-4/h7-18,44H,6,19-20H2,1-5H3,(H,36,43)(H,38,39). The SMILES string of the molecule is CCN(Cc1cncc(-c2ccc3c(c2)c(-c2nc4c(C(=O)NC)cccc4[nH]2)nn3Cc2ccc(OC)cc2)c1C)B(C)O. The topological polar surface area (TPSA) is 121 Å². The molecule has 3 aromatic carbocycles. The molecule has 0 saturated carbocycles. The highest BCUT2D eigenvalue weighted by molar-refractivity contribution is 6.45. The number of carbonyl (C=O) groups is 1. The van der Waals surface area contributed by atoms with E-state index in [1.807, 2.05) is 65.2 Å². The van der Waals surface area contributed by atoms with Gasteiger partial charge >= 0.3 is 7.05 Å². The summed E-state index contributed by atoms with van der Waals surface area (Å²) in [6.45, 7) is 7.79. The molecule has 0 fully saturated rings. The first kappa shape index (κ1) is 30.0. The maximum atomic E-state index is 12.6. The van der Waals surface area contributed by atoms with Gasteiger partial charge in [0.1, 0.15) is 17.0 Å². The van der Waals surface area contributed by atoms with Crippen molar-refractivity contribution in [3.63, 3.8) is 0 Å². The van der Waals surface area contributed by atoms with Gasteiger partial charge in [0.25, 0.3) is 5.91 Å². The average Bonchev–Trinajstić information content (AvgIpc) is 3.65. The Balaban J connectivity index is 1.49. The molecule has 0 unspecified atom stereocenters. The number of aromatic amines is 1. The Hall–Kier alpha value is -5.00. The Morgan fingerprint density at radius 2 is 1.93 bits per heavy atom. The summed E-state index contributed by atoms with van der Waals surface area (Å²) >= 11 is 0.